The maximum atomic E-state index is 12.5. The van der Waals surface area contributed by atoms with Crippen molar-refractivity contribution in [3.8, 4) is 28.7 Å². The van der Waals surface area contributed by atoms with Crippen molar-refractivity contribution in [2.75, 3.05) is 27.4 Å². The molecule has 0 saturated carbocycles. The van der Waals surface area contributed by atoms with E-state index in [-0.39, 0.29) is 5.78 Å². The summed E-state index contributed by atoms with van der Waals surface area (Å²) in [5, 5.41) is 0. The third-order valence-electron chi connectivity index (χ3n) is 4.99. The van der Waals surface area contributed by atoms with Crippen LogP contribution in [0.3, 0.4) is 0 Å². The van der Waals surface area contributed by atoms with Crippen LogP contribution in [0.1, 0.15) is 35.3 Å². The Labute approximate surface area is 200 Å². The first-order valence-electron chi connectivity index (χ1n) is 11.1. The Balaban J connectivity index is 1.60. The van der Waals surface area contributed by atoms with Crippen LogP contribution in [-0.2, 0) is 6.61 Å². The second-order valence-corrected chi connectivity index (χ2v) is 7.27. The third-order valence-corrected chi connectivity index (χ3v) is 4.99. The second-order valence-electron chi connectivity index (χ2n) is 7.27. The van der Waals surface area contributed by atoms with E-state index in [0.29, 0.717) is 42.6 Å². The SMILES string of the molecule is CCOc1ccc(COc2ccc(/C=C/C(=O)c3ccc(OC)c(OC)c3)cc2)cc1OCC. The van der Waals surface area contributed by atoms with Crippen LogP contribution in [0.5, 0.6) is 28.7 Å². The molecule has 0 aliphatic rings. The number of hydrogen-bond acceptors (Lipinski definition) is 6. The summed E-state index contributed by atoms with van der Waals surface area (Å²) in [4.78, 5) is 12.5. The molecule has 0 aliphatic carbocycles. The minimum absolute atomic E-state index is 0.123. The lowest BCUT2D eigenvalue weighted by Gasteiger charge is -2.13. The molecule has 0 bridgehead atoms. The summed E-state index contributed by atoms with van der Waals surface area (Å²) < 4.78 is 27.7. The number of methoxy groups -OCH3 is 2. The highest BCUT2D eigenvalue weighted by Gasteiger charge is 2.09. The summed E-state index contributed by atoms with van der Waals surface area (Å²) in [5.41, 5.74) is 2.40. The molecule has 34 heavy (non-hydrogen) atoms. The molecule has 0 radical (unpaired) electrons. The molecule has 0 aliphatic heterocycles. The molecule has 0 heterocycles. The summed E-state index contributed by atoms with van der Waals surface area (Å²) in [7, 11) is 3.10. The molecule has 0 fully saturated rings. The second kappa shape index (κ2) is 12.3. The molecular weight excluding hydrogens is 432 g/mol. The Kier molecular flexibility index (Phi) is 8.97. The van der Waals surface area contributed by atoms with Crippen molar-refractivity contribution in [2.24, 2.45) is 0 Å². The van der Waals surface area contributed by atoms with Crippen molar-refractivity contribution in [2.45, 2.75) is 20.5 Å². The van der Waals surface area contributed by atoms with Crippen LogP contribution in [0.2, 0.25) is 0 Å². The molecule has 0 atom stereocenters. The van der Waals surface area contributed by atoms with Gasteiger partial charge in [-0.2, -0.15) is 0 Å². The first-order valence-corrected chi connectivity index (χ1v) is 11.1. The number of allylic oxidation sites excluding steroid dienone is 1. The summed E-state index contributed by atoms with van der Waals surface area (Å²) in [6.07, 6.45) is 3.30. The number of rotatable bonds is 12. The molecule has 3 rings (SSSR count). The first-order chi connectivity index (χ1) is 16.6. The lowest BCUT2D eigenvalue weighted by molar-refractivity contribution is 0.104. The van der Waals surface area contributed by atoms with Crippen LogP contribution in [0.4, 0.5) is 0 Å². The van der Waals surface area contributed by atoms with E-state index in [4.69, 9.17) is 23.7 Å². The molecule has 6 heteroatoms. The van der Waals surface area contributed by atoms with Crippen molar-refractivity contribution >= 4 is 11.9 Å². The van der Waals surface area contributed by atoms with E-state index in [0.717, 1.165) is 22.6 Å². The van der Waals surface area contributed by atoms with E-state index in [1.54, 1.807) is 38.5 Å². The van der Waals surface area contributed by atoms with Crippen molar-refractivity contribution in [1.29, 1.82) is 0 Å². The fraction of sp³-hybridized carbons (Fsp3) is 0.250. The van der Waals surface area contributed by atoms with Gasteiger partial charge in [-0.25, -0.2) is 0 Å². The predicted octanol–water partition coefficient (Wildman–Crippen LogP) is 5.98. The van der Waals surface area contributed by atoms with Gasteiger partial charge in [-0.15, -0.1) is 0 Å². The molecule has 3 aromatic carbocycles. The molecule has 0 spiro atoms. The van der Waals surface area contributed by atoms with Crippen molar-refractivity contribution in [3.05, 3.63) is 83.4 Å². The quantitative estimate of drug-likeness (QED) is 0.244. The maximum absolute atomic E-state index is 12.5. The van der Waals surface area contributed by atoms with Crippen LogP contribution in [-0.4, -0.2) is 33.2 Å². The van der Waals surface area contributed by atoms with Gasteiger partial charge in [0, 0.05) is 5.56 Å². The lowest BCUT2D eigenvalue weighted by atomic mass is 10.1. The zero-order valence-electron chi connectivity index (χ0n) is 20.0. The number of ketones is 1. The highest BCUT2D eigenvalue weighted by atomic mass is 16.5. The molecule has 178 valence electrons. The van der Waals surface area contributed by atoms with Gasteiger partial charge in [0.25, 0.3) is 0 Å². The number of hydrogen-bond donors (Lipinski definition) is 0. The molecule has 0 unspecified atom stereocenters. The van der Waals surface area contributed by atoms with Crippen molar-refractivity contribution < 1.29 is 28.5 Å². The standard InChI is InChI=1S/C28H30O6/c1-5-32-26-15-10-21(17-28(26)33-6-2)19-34-23-12-7-20(8-13-23)9-14-24(29)22-11-16-25(30-3)27(18-22)31-4/h7-18H,5-6,19H2,1-4H3/b14-9+. The predicted molar refractivity (Wildman–Crippen MR) is 132 cm³/mol. The van der Waals surface area contributed by atoms with Crippen LogP contribution in [0.15, 0.2) is 66.7 Å². The van der Waals surface area contributed by atoms with Gasteiger partial charge in [-0.3, -0.25) is 4.79 Å². The van der Waals surface area contributed by atoms with Gasteiger partial charge < -0.3 is 23.7 Å². The largest absolute Gasteiger partial charge is 0.493 e. The van der Waals surface area contributed by atoms with Gasteiger partial charge in [0.15, 0.2) is 28.8 Å². The Morgan fingerprint density at radius 3 is 2.09 bits per heavy atom. The molecule has 6 nitrogen and oxygen atoms in total. The molecule has 0 saturated heterocycles. The molecule has 0 N–H and O–H groups in total. The Hall–Kier alpha value is -3.93. The average molecular weight is 463 g/mol. The molecule has 0 amide bonds. The van der Waals surface area contributed by atoms with Gasteiger partial charge in [0.05, 0.1) is 27.4 Å². The van der Waals surface area contributed by atoms with E-state index in [1.165, 1.54) is 6.08 Å². The highest BCUT2D eigenvalue weighted by Crippen LogP contribution is 2.29. The Bertz CT molecular complexity index is 1120. The van der Waals surface area contributed by atoms with E-state index in [1.807, 2.05) is 56.3 Å². The fourth-order valence-corrected chi connectivity index (χ4v) is 3.28. The van der Waals surface area contributed by atoms with Crippen molar-refractivity contribution in [1.82, 2.24) is 0 Å². The fourth-order valence-electron chi connectivity index (χ4n) is 3.28. The van der Waals surface area contributed by atoms with Crippen LogP contribution >= 0.6 is 0 Å². The van der Waals surface area contributed by atoms with Gasteiger partial charge in [-0.05, 0) is 73.5 Å². The molecule has 3 aromatic rings. The Morgan fingerprint density at radius 1 is 0.735 bits per heavy atom. The van der Waals surface area contributed by atoms with Gasteiger partial charge in [0.1, 0.15) is 12.4 Å². The minimum atomic E-state index is -0.123. The molecule has 0 aromatic heterocycles. The summed E-state index contributed by atoms with van der Waals surface area (Å²) in [5.74, 6) is 3.15. The topological polar surface area (TPSA) is 63.2 Å². The first kappa shape index (κ1) is 24.7. The van der Waals surface area contributed by atoms with Crippen molar-refractivity contribution in [3.63, 3.8) is 0 Å². The average Bonchev–Trinajstić information content (AvgIpc) is 2.87. The number of benzene rings is 3. The Morgan fingerprint density at radius 2 is 1.41 bits per heavy atom. The van der Waals surface area contributed by atoms with Gasteiger partial charge in [-0.1, -0.05) is 24.3 Å². The van der Waals surface area contributed by atoms with E-state index >= 15 is 0 Å². The third kappa shape index (κ3) is 6.54. The maximum Gasteiger partial charge on any atom is 0.185 e. The number of carbonyl (C=O) groups is 1. The summed E-state index contributed by atoms with van der Waals surface area (Å²) in [6, 6.07) is 18.4. The summed E-state index contributed by atoms with van der Waals surface area (Å²) >= 11 is 0. The van der Waals surface area contributed by atoms with Crippen LogP contribution in [0, 0.1) is 0 Å². The highest BCUT2D eigenvalue weighted by molar-refractivity contribution is 6.07. The van der Waals surface area contributed by atoms with Crippen LogP contribution in [0.25, 0.3) is 6.08 Å². The normalized spacial score (nSPS) is 10.7. The minimum Gasteiger partial charge on any atom is -0.493 e. The van der Waals surface area contributed by atoms with E-state index in [9.17, 15) is 4.79 Å². The zero-order chi connectivity index (χ0) is 24.3. The monoisotopic (exact) mass is 462 g/mol. The summed E-state index contributed by atoms with van der Waals surface area (Å²) in [6.45, 7) is 5.43. The molecular formula is C28H30O6. The van der Waals surface area contributed by atoms with Gasteiger partial charge >= 0.3 is 0 Å². The van der Waals surface area contributed by atoms with E-state index in [2.05, 4.69) is 0 Å². The van der Waals surface area contributed by atoms with E-state index < -0.39 is 0 Å². The lowest BCUT2D eigenvalue weighted by Crippen LogP contribution is -2.01. The number of ether oxygens (including phenoxy) is 5. The smallest absolute Gasteiger partial charge is 0.185 e. The van der Waals surface area contributed by atoms with Gasteiger partial charge in [0.2, 0.25) is 0 Å². The van der Waals surface area contributed by atoms with Crippen LogP contribution < -0.4 is 23.7 Å². The number of carbonyl (C=O) groups excluding carboxylic acids is 1. The zero-order valence-corrected chi connectivity index (χ0v) is 20.0.